The second kappa shape index (κ2) is 10.4. The Bertz CT molecular complexity index is 1520. The number of furan rings is 1. The van der Waals surface area contributed by atoms with Crippen LogP contribution in [0, 0.1) is 0 Å². The lowest BCUT2D eigenvalue weighted by Crippen LogP contribution is -2.44. The first kappa shape index (κ1) is 25.0. The van der Waals surface area contributed by atoms with Crippen LogP contribution in [0.25, 0.3) is 6.08 Å². The SMILES string of the molecule is CCOC(=O)C1=C(C)N=c2s/c(=C\c3ccc(N4CCN(C)CC4)o3)c(=O)n2C1c1ccccc1OC. The number of hydrogen-bond acceptors (Lipinski definition) is 9. The number of para-hydroxylation sites is 1. The third-order valence-corrected chi connectivity index (χ3v) is 7.63. The topological polar surface area (TPSA) is 89.5 Å². The van der Waals surface area contributed by atoms with Crippen molar-refractivity contribution in [3.05, 3.63) is 78.7 Å². The highest BCUT2D eigenvalue weighted by molar-refractivity contribution is 7.07. The van der Waals surface area contributed by atoms with Crippen LogP contribution in [0.3, 0.4) is 0 Å². The molecule has 0 spiro atoms. The number of allylic oxidation sites excluding steroid dienone is 1. The smallest absolute Gasteiger partial charge is 0.338 e. The summed E-state index contributed by atoms with van der Waals surface area (Å²) in [4.78, 5) is 36.5. The van der Waals surface area contributed by atoms with E-state index >= 15 is 0 Å². The number of hydrogen-bond donors (Lipinski definition) is 0. The first-order valence-electron chi connectivity index (χ1n) is 12.3. The van der Waals surface area contributed by atoms with Crippen molar-refractivity contribution in [2.24, 2.45) is 4.99 Å². The molecule has 3 aromatic rings. The summed E-state index contributed by atoms with van der Waals surface area (Å²) in [5, 5.41) is 0. The fourth-order valence-corrected chi connectivity index (χ4v) is 5.75. The number of thiazole rings is 1. The zero-order chi connectivity index (χ0) is 26.1. The number of benzene rings is 1. The molecule has 1 aromatic carbocycles. The molecule has 0 N–H and O–H groups in total. The van der Waals surface area contributed by atoms with Gasteiger partial charge >= 0.3 is 5.97 Å². The summed E-state index contributed by atoms with van der Waals surface area (Å²) < 4.78 is 19.1. The van der Waals surface area contributed by atoms with Crippen LogP contribution in [-0.2, 0) is 9.53 Å². The van der Waals surface area contributed by atoms with E-state index in [2.05, 4.69) is 21.8 Å². The van der Waals surface area contributed by atoms with Gasteiger partial charge in [-0.25, -0.2) is 9.79 Å². The van der Waals surface area contributed by atoms with Crippen LogP contribution < -0.4 is 24.5 Å². The van der Waals surface area contributed by atoms with Crippen molar-refractivity contribution in [2.45, 2.75) is 19.9 Å². The molecule has 0 saturated carbocycles. The number of rotatable bonds is 6. The van der Waals surface area contributed by atoms with Gasteiger partial charge in [-0.1, -0.05) is 29.5 Å². The number of esters is 1. The molecular weight excluding hydrogens is 492 g/mol. The number of anilines is 1. The average molecular weight is 523 g/mol. The number of fused-ring (bicyclic) bond motifs is 1. The van der Waals surface area contributed by atoms with Gasteiger partial charge in [0.25, 0.3) is 5.56 Å². The van der Waals surface area contributed by atoms with Gasteiger partial charge in [0.2, 0.25) is 0 Å². The predicted octanol–water partition coefficient (Wildman–Crippen LogP) is 2.15. The Morgan fingerprint density at radius 3 is 2.68 bits per heavy atom. The van der Waals surface area contributed by atoms with Gasteiger partial charge in [-0.15, -0.1) is 0 Å². The summed E-state index contributed by atoms with van der Waals surface area (Å²) in [6, 6.07) is 10.5. The van der Waals surface area contributed by atoms with Crippen LogP contribution in [-0.4, -0.2) is 62.4 Å². The summed E-state index contributed by atoms with van der Waals surface area (Å²) in [6.07, 6.45) is 1.74. The summed E-state index contributed by atoms with van der Waals surface area (Å²) >= 11 is 1.27. The summed E-state index contributed by atoms with van der Waals surface area (Å²) in [7, 11) is 3.68. The summed E-state index contributed by atoms with van der Waals surface area (Å²) in [5.74, 6) is 1.45. The van der Waals surface area contributed by atoms with E-state index in [9.17, 15) is 9.59 Å². The van der Waals surface area contributed by atoms with Crippen LogP contribution in [0.15, 0.2) is 61.9 Å². The Morgan fingerprint density at radius 1 is 1.19 bits per heavy atom. The highest BCUT2D eigenvalue weighted by Gasteiger charge is 2.35. The van der Waals surface area contributed by atoms with Gasteiger partial charge in [-0.05, 0) is 33.0 Å². The number of likely N-dealkylation sites (N-methyl/N-ethyl adjacent to an activating group) is 1. The number of ether oxygens (including phenoxy) is 2. The molecule has 0 amide bonds. The van der Waals surface area contributed by atoms with E-state index in [-0.39, 0.29) is 12.2 Å². The number of methoxy groups -OCH3 is 1. The van der Waals surface area contributed by atoms with Gasteiger partial charge in [0, 0.05) is 43.9 Å². The molecule has 0 bridgehead atoms. The van der Waals surface area contributed by atoms with Crippen molar-refractivity contribution in [1.82, 2.24) is 9.47 Å². The molecule has 1 atom stereocenters. The number of aromatic nitrogens is 1. The second-order valence-electron chi connectivity index (χ2n) is 9.01. The van der Waals surface area contributed by atoms with E-state index in [1.54, 1.807) is 31.6 Å². The lowest BCUT2D eigenvalue weighted by atomic mass is 9.95. The largest absolute Gasteiger partial charge is 0.496 e. The molecule has 0 radical (unpaired) electrons. The molecule has 10 heteroatoms. The molecule has 194 valence electrons. The van der Waals surface area contributed by atoms with Gasteiger partial charge < -0.3 is 23.7 Å². The Labute approximate surface area is 218 Å². The minimum absolute atomic E-state index is 0.215. The van der Waals surface area contributed by atoms with E-state index in [1.807, 2.05) is 36.4 Å². The molecule has 4 heterocycles. The highest BCUT2D eigenvalue weighted by atomic mass is 32.1. The van der Waals surface area contributed by atoms with Crippen LogP contribution in [0.2, 0.25) is 0 Å². The lowest BCUT2D eigenvalue weighted by Gasteiger charge is -2.32. The lowest BCUT2D eigenvalue weighted by molar-refractivity contribution is -0.139. The van der Waals surface area contributed by atoms with E-state index < -0.39 is 12.0 Å². The monoisotopic (exact) mass is 522 g/mol. The molecule has 9 nitrogen and oxygen atoms in total. The molecule has 37 heavy (non-hydrogen) atoms. The molecule has 1 fully saturated rings. The van der Waals surface area contributed by atoms with E-state index in [0.29, 0.717) is 37.7 Å². The van der Waals surface area contributed by atoms with Gasteiger partial charge in [0.1, 0.15) is 17.6 Å². The summed E-state index contributed by atoms with van der Waals surface area (Å²) in [6.45, 7) is 7.45. The Hall–Kier alpha value is -3.63. The predicted molar refractivity (Wildman–Crippen MR) is 142 cm³/mol. The highest BCUT2D eigenvalue weighted by Crippen LogP contribution is 2.35. The van der Waals surface area contributed by atoms with Gasteiger partial charge in [-0.3, -0.25) is 9.36 Å². The van der Waals surface area contributed by atoms with Crippen LogP contribution in [0.4, 0.5) is 5.88 Å². The average Bonchev–Trinajstić information content (AvgIpc) is 3.48. The van der Waals surface area contributed by atoms with Gasteiger partial charge in [-0.2, -0.15) is 0 Å². The fourth-order valence-electron chi connectivity index (χ4n) is 4.72. The Balaban J connectivity index is 1.61. The Morgan fingerprint density at radius 2 is 1.95 bits per heavy atom. The molecule has 1 unspecified atom stereocenters. The van der Waals surface area contributed by atoms with Crippen LogP contribution >= 0.6 is 11.3 Å². The molecule has 1 saturated heterocycles. The maximum Gasteiger partial charge on any atom is 0.338 e. The number of nitrogens with zero attached hydrogens (tertiary/aromatic N) is 4. The first-order valence-corrected chi connectivity index (χ1v) is 13.1. The standard InChI is InChI=1S/C27H30N4O5S/c1-5-35-26(33)23-17(2)28-27-31(24(23)19-8-6-7-9-20(19)34-4)25(32)21(37-27)16-18-10-11-22(36-18)30-14-12-29(3)13-15-30/h6-11,16,24H,5,12-15H2,1-4H3/b21-16-. The maximum absolute atomic E-state index is 13.8. The van der Waals surface area contributed by atoms with Crippen molar-refractivity contribution in [3.63, 3.8) is 0 Å². The molecular formula is C27H30N4O5S. The zero-order valence-corrected chi connectivity index (χ0v) is 22.2. The second-order valence-corrected chi connectivity index (χ2v) is 10.0. The third-order valence-electron chi connectivity index (χ3n) is 6.65. The third kappa shape index (κ3) is 4.74. The van der Waals surface area contributed by atoms with Crippen molar-refractivity contribution in [1.29, 1.82) is 0 Å². The molecule has 0 aliphatic carbocycles. The van der Waals surface area contributed by atoms with Gasteiger partial charge in [0.15, 0.2) is 10.7 Å². The van der Waals surface area contributed by atoms with Crippen molar-refractivity contribution in [3.8, 4) is 5.75 Å². The van der Waals surface area contributed by atoms with Crippen molar-refractivity contribution < 1.29 is 18.7 Å². The quantitative estimate of drug-likeness (QED) is 0.459. The number of piperazine rings is 1. The number of carbonyl (C=O) groups is 1. The van der Waals surface area contributed by atoms with Crippen LogP contribution in [0.1, 0.15) is 31.2 Å². The molecule has 2 aliphatic heterocycles. The molecule has 2 aliphatic rings. The normalized spacial score (nSPS) is 18.5. The molecule has 2 aromatic heterocycles. The minimum atomic E-state index is -0.730. The van der Waals surface area contributed by atoms with E-state index in [0.717, 1.165) is 32.1 Å². The van der Waals surface area contributed by atoms with Crippen molar-refractivity contribution >= 4 is 29.3 Å². The molecule has 5 rings (SSSR count). The van der Waals surface area contributed by atoms with Gasteiger partial charge in [0.05, 0.1) is 29.5 Å². The number of carbonyl (C=O) groups excluding carboxylic acids is 1. The van der Waals surface area contributed by atoms with E-state index in [4.69, 9.17) is 13.9 Å². The fraction of sp³-hybridized carbons (Fsp3) is 0.370. The first-order chi connectivity index (χ1) is 17.9. The minimum Gasteiger partial charge on any atom is -0.496 e. The maximum atomic E-state index is 13.8. The van der Waals surface area contributed by atoms with Crippen LogP contribution in [0.5, 0.6) is 5.75 Å². The van der Waals surface area contributed by atoms with E-state index in [1.165, 1.54) is 11.3 Å². The van der Waals surface area contributed by atoms with Crippen molar-refractivity contribution in [2.75, 3.05) is 51.8 Å². The Kier molecular flexibility index (Phi) is 7.03. The zero-order valence-electron chi connectivity index (χ0n) is 21.4. The summed E-state index contributed by atoms with van der Waals surface area (Å²) in [5.41, 5.74) is 1.26.